The Balaban J connectivity index is -0.000000744. The van der Waals surface area contributed by atoms with Crippen molar-refractivity contribution < 1.29 is 106 Å². The Morgan fingerprint density at radius 2 is 0.460 bits per heavy atom. The lowest BCUT2D eigenvalue weighted by Gasteiger charge is -2.39. The quantitative estimate of drug-likeness (QED) is 0.0360. The summed E-state index contributed by atoms with van der Waals surface area (Å²) in [7, 11) is -39.3. The first-order valence-electron chi connectivity index (χ1n) is 47.7. The Bertz CT molecular complexity index is 3200. The molecule has 0 amide bonds. The second-order valence-corrected chi connectivity index (χ2v) is 114. The molecule has 0 aliphatic heterocycles. The van der Waals surface area contributed by atoms with Crippen molar-refractivity contribution in [1.29, 1.82) is 0 Å². The minimum Gasteiger partial charge on any atom is -0.481 e. The molecule has 2 unspecified atom stereocenters. The van der Waals surface area contributed by atoms with E-state index in [0.717, 1.165) is 101 Å². The number of carbonyl (C=O) groups is 1. The van der Waals surface area contributed by atoms with Gasteiger partial charge in [-0.15, -0.1) is 0 Å². The van der Waals surface area contributed by atoms with Crippen LogP contribution in [0, 0.1) is 0 Å². The highest BCUT2D eigenvalue weighted by atomic mass is 31.2. The Morgan fingerprint density at radius 3 is 0.683 bits per heavy atom. The Morgan fingerprint density at radius 1 is 0.262 bits per heavy atom. The average Bonchev–Trinajstić information content (AvgIpc) is 0.815. The van der Waals surface area contributed by atoms with Crippen molar-refractivity contribution in [2.24, 2.45) is 0 Å². The van der Waals surface area contributed by atoms with Crippen LogP contribution in [0.5, 0.6) is 0 Å². The smallest absolute Gasteiger partial charge is 0.330 e. The van der Waals surface area contributed by atoms with Crippen LogP contribution in [-0.2, 0) is 100 Å². The third kappa shape index (κ3) is 79.0. The first-order valence-corrected chi connectivity index (χ1v) is 101. The van der Waals surface area contributed by atoms with Gasteiger partial charge in [-0.2, -0.15) is 0 Å². The van der Waals surface area contributed by atoms with E-state index in [-0.39, 0.29) is 6.42 Å². The van der Waals surface area contributed by atoms with Gasteiger partial charge < -0.3 is 82.4 Å². The van der Waals surface area contributed by atoms with Crippen LogP contribution in [0.4, 0.5) is 0 Å². The molecule has 1 aromatic carbocycles. The maximum Gasteiger partial charge on any atom is 0.330 e. The number of carboxylic acids is 1. The minimum absolute atomic E-state index is 0.261. The molecule has 0 spiro atoms. The molecule has 126 heavy (non-hydrogen) atoms. The van der Waals surface area contributed by atoms with Crippen molar-refractivity contribution in [3.8, 4) is 0 Å². The molecule has 0 radical (unpaired) electrons. The third-order valence-electron chi connectivity index (χ3n) is 18.0. The molecular weight excluding hydrogens is 1930 g/mol. The molecule has 2 atom stereocenters. The highest BCUT2D eigenvalue weighted by molar-refractivity contribution is 7.54. The molecule has 0 saturated carbocycles. The standard InChI is InChI=1S/C21H43O5PSi3.C19H47O5PSi3.C16H41O5PSi3.C15H39O5PSi3.C12H30O4Si3/c1-9-18-24-27(22,23-10-2)19-14-15-20-28(3,4)25-30(7,8)26-29(5,6)21-16-12-11-13-17-21;1-10-21-25(20,22-11-2)18-16-14-12-13-15-17-19-27(6,7)24-28(8,9)23-26(3,4)5;1-10-14-19-22(17,18-11-2)15-12-13-16-24(6,7)21-25(8,9)20-23(3,4)5;1-10-17-21(16,18-11-2)14-12-13-15-23(6,7)20-24(8,9)19-22(3,4)5;1-17(2,3)15-19(6,7)16-18(4,5)11-9-8-10-12(13)14/h11-13,16-17H,9-10,14-15,18-20H2,1-8H3;10-19H2,1-9H3;10-16H2,1-9H3;10-15H2,1-9H3;8-11H2,1-7H3,(H,13,14). The Kier molecular flexibility index (Phi) is 67.2. The van der Waals surface area contributed by atoms with E-state index in [4.69, 9.17) is 82.4 Å². The van der Waals surface area contributed by atoms with Gasteiger partial charge in [-0.25, -0.2) is 0 Å². The third-order valence-corrected chi connectivity index (χ3v) is 78.6. The SMILES string of the molecule is CCCOP(=O)(CCCC[Si](C)(C)O[Si](C)(C)O[Si](C)(C)C)OCC.CCCOP(=O)(CCCC[Si](C)(C)O[Si](C)(C)O[Si](C)(C)c1ccccc1)OCC.CCOP(=O)(CCCCCCCC[Si](C)(C)O[Si](C)(C)O[Si](C)(C)C)OCC.CCOP(=O)(CCCC[Si](C)(C)O[Si](C)(C)O[Si](C)(C)C)OCC.C[Si](C)(C)O[Si](C)(C)O[Si](C)(C)CCCCC(=O)O. The fourth-order valence-corrected chi connectivity index (χ4v) is 89.3. The van der Waals surface area contributed by atoms with Gasteiger partial charge in [0.1, 0.15) is 0 Å². The molecule has 0 heterocycles. The maximum absolute atomic E-state index is 12.7. The van der Waals surface area contributed by atoms with Gasteiger partial charge in [0.15, 0.2) is 74.9 Å². The molecule has 0 aromatic heterocycles. The van der Waals surface area contributed by atoms with E-state index >= 15 is 0 Å². The van der Waals surface area contributed by atoms with Crippen molar-refractivity contribution in [2.75, 3.05) is 77.5 Å². The predicted octanol–water partition coefficient (Wildman–Crippen LogP) is 29.9. The normalized spacial score (nSPS) is 14.7. The van der Waals surface area contributed by atoms with Gasteiger partial charge in [0, 0.05) is 6.42 Å². The highest BCUT2D eigenvalue weighted by Crippen LogP contribution is 2.52. The summed E-state index contributed by atoms with van der Waals surface area (Å²) in [6.45, 7) is 93.9. The maximum atomic E-state index is 12.7. The Hall–Kier alpha value is 2.14. The van der Waals surface area contributed by atoms with E-state index in [0.29, 0.717) is 77.5 Å². The lowest BCUT2D eigenvalue weighted by molar-refractivity contribution is -0.137. The number of carboxylic acid groups (broad SMARTS) is 1. The van der Waals surface area contributed by atoms with Gasteiger partial charge in [-0.3, -0.25) is 23.1 Å². The topological polar surface area (TPSA) is 272 Å². The molecule has 0 fully saturated rings. The second kappa shape index (κ2) is 63.0. The van der Waals surface area contributed by atoms with E-state index in [2.05, 4.69) is 247 Å². The van der Waals surface area contributed by atoms with Crippen LogP contribution in [0.3, 0.4) is 0 Å². The van der Waals surface area contributed by atoms with Crippen LogP contribution in [-0.4, -0.2) is 215 Å². The second-order valence-electron chi connectivity index (χ2n) is 42.5. The summed E-state index contributed by atoms with van der Waals surface area (Å²) in [5.41, 5.74) is 0. The summed E-state index contributed by atoms with van der Waals surface area (Å²) in [5.74, 6) is -0.711. The molecule has 43 heteroatoms. The first kappa shape index (κ1) is 134. The molecule has 24 nitrogen and oxygen atoms in total. The fraction of sp³-hybridized carbons (Fsp3) is 0.916. The van der Waals surface area contributed by atoms with E-state index in [1.54, 1.807) is 0 Å². The van der Waals surface area contributed by atoms with Crippen LogP contribution in [0.2, 0.25) is 253 Å². The van der Waals surface area contributed by atoms with Gasteiger partial charge >= 0.3 is 79.2 Å². The summed E-state index contributed by atoms with van der Waals surface area (Å²) < 4.78 is 158. The van der Waals surface area contributed by atoms with Gasteiger partial charge in [0.25, 0.3) is 0 Å². The van der Waals surface area contributed by atoms with E-state index in [1.165, 1.54) is 36.9 Å². The molecule has 0 aliphatic rings. The molecule has 1 rings (SSSR count). The monoisotopic (exact) mass is 2120 g/mol. The number of hydrogen-bond donors (Lipinski definition) is 1. The Labute approximate surface area is 792 Å². The zero-order chi connectivity index (χ0) is 99.0. The number of aliphatic carboxylic acids is 1. The summed E-state index contributed by atoms with van der Waals surface area (Å²) >= 11 is 0. The average molecular weight is 2130 g/mol. The molecule has 756 valence electrons. The van der Waals surface area contributed by atoms with Crippen molar-refractivity contribution in [3.05, 3.63) is 30.3 Å². The van der Waals surface area contributed by atoms with Gasteiger partial charge in [0.05, 0.1) is 77.5 Å². The summed E-state index contributed by atoms with van der Waals surface area (Å²) in [4.78, 5) is 10.5. The van der Waals surface area contributed by atoms with Crippen LogP contribution in [0.15, 0.2) is 30.3 Å². The van der Waals surface area contributed by atoms with E-state index in [9.17, 15) is 23.1 Å². The molecular formula is C83H200O24P4Si15. The zero-order valence-corrected chi connectivity index (χ0v) is 108. The number of hydrogen-bond acceptors (Lipinski definition) is 23. The highest BCUT2D eigenvalue weighted by Gasteiger charge is 2.44. The van der Waals surface area contributed by atoms with Gasteiger partial charge in [-0.05, 0) is 344 Å². The van der Waals surface area contributed by atoms with Crippen molar-refractivity contribution in [1.82, 2.24) is 0 Å². The summed E-state index contributed by atoms with van der Waals surface area (Å²) in [6, 6.07) is 15.8. The molecule has 0 aliphatic carbocycles. The van der Waals surface area contributed by atoms with Gasteiger partial charge in [0.2, 0.25) is 8.32 Å². The number of benzene rings is 1. The molecule has 1 aromatic rings. The van der Waals surface area contributed by atoms with Crippen LogP contribution in [0.1, 0.15) is 165 Å². The van der Waals surface area contributed by atoms with Crippen molar-refractivity contribution >= 4 is 168 Å². The van der Waals surface area contributed by atoms with E-state index < -0.39 is 162 Å². The lowest BCUT2D eigenvalue weighted by Crippen LogP contribution is -2.56. The minimum atomic E-state index is -2.96. The van der Waals surface area contributed by atoms with Crippen molar-refractivity contribution in [2.45, 2.75) is 417 Å². The van der Waals surface area contributed by atoms with Crippen LogP contribution >= 0.6 is 30.4 Å². The van der Waals surface area contributed by atoms with Crippen LogP contribution < -0.4 is 5.19 Å². The zero-order valence-electron chi connectivity index (χ0n) is 89.1. The van der Waals surface area contributed by atoms with E-state index in [1.807, 2.05) is 61.5 Å². The van der Waals surface area contributed by atoms with Crippen molar-refractivity contribution in [3.63, 3.8) is 0 Å². The molecule has 0 bridgehead atoms. The molecule has 0 saturated heterocycles. The van der Waals surface area contributed by atoms with Gasteiger partial charge in [-0.1, -0.05) is 102 Å². The largest absolute Gasteiger partial charge is 0.481 e. The summed E-state index contributed by atoms with van der Waals surface area (Å²) in [5, 5.41) is 9.93. The summed E-state index contributed by atoms with van der Waals surface area (Å²) in [6.07, 6.45) is 18.0. The number of unbranched alkanes of at least 4 members (excludes halogenated alkanes) is 9. The first-order chi connectivity index (χ1) is 56.9. The predicted molar refractivity (Wildman–Crippen MR) is 576 cm³/mol. The number of rotatable bonds is 68. The fourth-order valence-electron chi connectivity index (χ4n) is 15.4. The lowest BCUT2D eigenvalue weighted by atomic mass is 10.1. The van der Waals surface area contributed by atoms with Crippen LogP contribution in [0.25, 0.3) is 0 Å². The molecule has 1 N–H and O–H groups in total.